The van der Waals surface area contributed by atoms with Crippen LogP contribution in [0.15, 0.2) is 48.5 Å². The maximum atomic E-state index is 12.7. The molecule has 0 N–H and O–H groups in total. The van der Waals surface area contributed by atoms with Gasteiger partial charge in [-0.3, -0.25) is 4.79 Å². The monoisotopic (exact) mass is 309 g/mol. The molecule has 0 saturated heterocycles. The Labute approximate surface area is 135 Å². The fraction of sp³-hybridized carbons (Fsp3) is 0.263. The van der Waals surface area contributed by atoms with E-state index in [-0.39, 0.29) is 11.9 Å². The molecule has 1 unspecified atom stereocenters. The Balaban J connectivity index is 1.86. The van der Waals surface area contributed by atoms with E-state index in [9.17, 15) is 9.59 Å². The third-order valence-corrected chi connectivity index (χ3v) is 4.26. The number of rotatable bonds is 6. The van der Waals surface area contributed by atoms with Gasteiger partial charge in [0.1, 0.15) is 12.0 Å². The van der Waals surface area contributed by atoms with E-state index in [4.69, 9.17) is 4.74 Å². The Bertz CT molecular complexity index is 709. The minimum atomic E-state index is -0.0361. The lowest BCUT2D eigenvalue weighted by atomic mass is 10.0. The number of nitrogens with zero attached hydrogens (tertiary/aromatic N) is 1. The van der Waals surface area contributed by atoms with Crippen molar-refractivity contribution in [3.63, 3.8) is 0 Å². The predicted molar refractivity (Wildman–Crippen MR) is 87.3 cm³/mol. The van der Waals surface area contributed by atoms with Gasteiger partial charge in [0.2, 0.25) is 0 Å². The van der Waals surface area contributed by atoms with E-state index in [0.29, 0.717) is 19.4 Å². The Morgan fingerprint density at radius 3 is 2.57 bits per heavy atom. The van der Waals surface area contributed by atoms with Gasteiger partial charge in [0.25, 0.3) is 5.91 Å². The molecule has 0 bridgehead atoms. The number of fused-ring (bicyclic) bond motifs is 1. The minimum absolute atomic E-state index is 0.0346. The normalized spacial score (nSPS) is 16.3. The molecule has 0 aliphatic carbocycles. The number of amides is 1. The highest BCUT2D eigenvalue weighted by Gasteiger charge is 2.35. The lowest BCUT2D eigenvalue weighted by molar-refractivity contribution is -0.108. The van der Waals surface area contributed by atoms with Crippen molar-refractivity contribution in [2.75, 3.05) is 7.11 Å². The van der Waals surface area contributed by atoms with Crippen molar-refractivity contribution in [1.82, 2.24) is 4.90 Å². The van der Waals surface area contributed by atoms with Crippen LogP contribution in [0.4, 0.5) is 0 Å². The van der Waals surface area contributed by atoms with Gasteiger partial charge < -0.3 is 14.4 Å². The third-order valence-electron chi connectivity index (χ3n) is 4.26. The molecule has 1 amide bonds. The van der Waals surface area contributed by atoms with E-state index in [0.717, 1.165) is 28.7 Å². The summed E-state index contributed by atoms with van der Waals surface area (Å²) in [6.07, 6.45) is 2.02. The van der Waals surface area contributed by atoms with Crippen molar-refractivity contribution in [3.05, 3.63) is 65.2 Å². The minimum Gasteiger partial charge on any atom is -0.497 e. The Hall–Kier alpha value is -2.62. The highest BCUT2D eigenvalue weighted by molar-refractivity contribution is 5.99. The number of benzene rings is 2. The quantitative estimate of drug-likeness (QED) is 0.769. The summed E-state index contributed by atoms with van der Waals surface area (Å²) >= 11 is 0. The van der Waals surface area contributed by atoms with Gasteiger partial charge in [-0.1, -0.05) is 30.3 Å². The Morgan fingerprint density at radius 2 is 1.87 bits per heavy atom. The molecule has 0 radical (unpaired) electrons. The highest BCUT2D eigenvalue weighted by atomic mass is 16.5. The van der Waals surface area contributed by atoms with Gasteiger partial charge in [-0.2, -0.15) is 0 Å². The van der Waals surface area contributed by atoms with Crippen LogP contribution in [0.2, 0.25) is 0 Å². The van der Waals surface area contributed by atoms with Crippen LogP contribution < -0.4 is 4.74 Å². The molecule has 118 valence electrons. The summed E-state index contributed by atoms with van der Waals surface area (Å²) in [5.74, 6) is 0.828. The van der Waals surface area contributed by atoms with Gasteiger partial charge in [0, 0.05) is 18.5 Å². The highest BCUT2D eigenvalue weighted by Crippen LogP contribution is 2.37. The fourth-order valence-corrected chi connectivity index (χ4v) is 3.09. The molecule has 4 nitrogen and oxygen atoms in total. The molecule has 1 atom stereocenters. The second kappa shape index (κ2) is 6.65. The van der Waals surface area contributed by atoms with Gasteiger partial charge in [0.05, 0.1) is 13.2 Å². The van der Waals surface area contributed by atoms with Crippen LogP contribution in [0.5, 0.6) is 5.75 Å². The number of carbonyl (C=O) groups excluding carboxylic acids is 2. The van der Waals surface area contributed by atoms with Crippen LogP contribution in [0.25, 0.3) is 0 Å². The van der Waals surface area contributed by atoms with Gasteiger partial charge in [-0.25, -0.2) is 0 Å². The summed E-state index contributed by atoms with van der Waals surface area (Å²) in [5, 5.41) is 0. The molecule has 0 aromatic heterocycles. The number of carbonyl (C=O) groups is 2. The third kappa shape index (κ3) is 2.97. The topological polar surface area (TPSA) is 46.6 Å². The maximum absolute atomic E-state index is 12.7. The van der Waals surface area contributed by atoms with Crippen LogP contribution in [-0.4, -0.2) is 24.2 Å². The summed E-state index contributed by atoms with van der Waals surface area (Å²) in [7, 11) is 1.63. The molecule has 0 saturated carbocycles. The van der Waals surface area contributed by atoms with E-state index in [2.05, 4.69) is 0 Å². The van der Waals surface area contributed by atoms with Crippen LogP contribution in [0.3, 0.4) is 0 Å². The van der Waals surface area contributed by atoms with Crippen LogP contribution in [0.1, 0.15) is 40.4 Å². The van der Waals surface area contributed by atoms with Crippen LogP contribution in [-0.2, 0) is 11.3 Å². The lowest BCUT2D eigenvalue weighted by Crippen LogP contribution is -2.27. The molecule has 0 spiro atoms. The molecule has 2 aromatic carbocycles. The van der Waals surface area contributed by atoms with Crippen LogP contribution in [0, 0.1) is 0 Å². The Kier molecular flexibility index (Phi) is 4.42. The zero-order chi connectivity index (χ0) is 16.2. The summed E-state index contributed by atoms with van der Waals surface area (Å²) in [6, 6.07) is 15.3. The molecule has 1 aliphatic heterocycles. The molecule has 0 fully saturated rings. The van der Waals surface area contributed by atoms with Gasteiger partial charge >= 0.3 is 0 Å². The van der Waals surface area contributed by atoms with Crippen molar-refractivity contribution < 1.29 is 14.3 Å². The maximum Gasteiger partial charge on any atom is 0.255 e. The average molecular weight is 309 g/mol. The number of ether oxygens (including phenoxy) is 1. The fourth-order valence-electron chi connectivity index (χ4n) is 3.09. The van der Waals surface area contributed by atoms with E-state index in [1.807, 2.05) is 53.4 Å². The molecular formula is C19H19NO3. The van der Waals surface area contributed by atoms with Crippen molar-refractivity contribution in [1.29, 1.82) is 0 Å². The van der Waals surface area contributed by atoms with E-state index >= 15 is 0 Å². The van der Waals surface area contributed by atoms with Gasteiger partial charge in [0.15, 0.2) is 0 Å². The first-order valence-corrected chi connectivity index (χ1v) is 7.71. The first kappa shape index (κ1) is 15.3. The van der Waals surface area contributed by atoms with Crippen molar-refractivity contribution in [3.8, 4) is 5.75 Å². The van der Waals surface area contributed by atoms with Crippen LogP contribution >= 0.6 is 0 Å². The summed E-state index contributed by atoms with van der Waals surface area (Å²) in [4.78, 5) is 25.3. The second-order valence-corrected chi connectivity index (χ2v) is 5.63. The number of aldehydes is 1. The molecule has 23 heavy (non-hydrogen) atoms. The molecule has 3 rings (SSSR count). The first-order chi connectivity index (χ1) is 11.2. The zero-order valence-electron chi connectivity index (χ0n) is 13.1. The van der Waals surface area contributed by atoms with Crippen molar-refractivity contribution >= 4 is 12.2 Å². The van der Waals surface area contributed by atoms with Crippen molar-refractivity contribution in [2.45, 2.75) is 25.4 Å². The zero-order valence-corrected chi connectivity index (χ0v) is 13.1. The van der Waals surface area contributed by atoms with E-state index < -0.39 is 0 Å². The molecule has 1 aliphatic rings. The summed E-state index contributed by atoms with van der Waals surface area (Å²) < 4.78 is 5.17. The van der Waals surface area contributed by atoms with Gasteiger partial charge in [-0.05, 0) is 35.7 Å². The van der Waals surface area contributed by atoms with E-state index in [1.165, 1.54) is 0 Å². The SMILES string of the molecule is COc1ccc(CN2C(=O)c3ccccc3C2CCC=O)cc1. The molecular weight excluding hydrogens is 290 g/mol. The number of hydrogen-bond donors (Lipinski definition) is 0. The molecule has 4 heteroatoms. The largest absolute Gasteiger partial charge is 0.497 e. The standard InChI is InChI=1S/C19H19NO3/c1-23-15-10-8-14(9-11-15)13-20-18(7-4-12-21)16-5-2-3-6-17(16)19(20)22/h2-3,5-6,8-12,18H,4,7,13H2,1H3. The first-order valence-electron chi connectivity index (χ1n) is 7.71. The molecule has 1 heterocycles. The lowest BCUT2D eigenvalue weighted by Gasteiger charge is -2.25. The number of hydrogen-bond acceptors (Lipinski definition) is 3. The smallest absolute Gasteiger partial charge is 0.255 e. The average Bonchev–Trinajstić information content (AvgIpc) is 2.86. The number of methoxy groups -OCH3 is 1. The van der Waals surface area contributed by atoms with Crippen molar-refractivity contribution in [2.24, 2.45) is 0 Å². The van der Waals surface area contributed by atoms with E-state index in [1.54, 1.807) is 7.11 Å². The summed E-state index contributed by atoms with van der Waals surface area (Å²) in [6.45, 7) is 0.529. The predicted octanol–water partition coefficient (Wildman–Crippen LogP) is 3.37. The second-order valence-electron chi connectivity index (χ2n) is 5.63. The van der Waals surface area contributed by atoms with Gasteiger partial charge in [-0.15, -0.1) is 0 Å². The molecule has 2 aromatic rings. The summed E-state index contributed by atoms with van der Waals surface area (Å²) in [5.41, 5.74) is 2.81. The Morgan fingerprint density at radius 1 is 1.13 bits per heavy atom.